The molecular weight excluding hydrogens is 373 g/mol. The third-order valence-electron chi connectivity index (χ3n) is 5.07. The van der Waals surface area contributed by atoms with E-state index in [1.54, 1.807) is 25.3 Å². The maximum absolute atomic E-state index is 13.1. The van der Waals surface area contributed by atoms with Crippen molar-refractivity contribution in [2.45, 2.75) is 6.42 Å². The van der Waals surface area contributed by atoms with Gasteiger partial charge in [0.2, 0.25) is 5.91 Å². The Morgan fingerprint density at radius 1 is 1.10 bits per heavy atom. The molecule has 0 bridgehead atoms. The normalized spacial score (nSPS) is 14.1. The van der Waals surface area contributed by atoms with Gasteiger partial charge in [0.05, 0.1) is 19.2 Å². The van der Waals surface area contributed by atoms with Crippen LogP contribution in [0, 0.1) is 5.82 Å². The van der Waals surface area contributed by atoms with Crippen molar-refractivity contribution in [3.05, 3.63) is 66.1 Å². The molecule has 6 nitrogen and oxygen atoms in total. The number of rotatable bonds is 5. The molecule has 0 radical (unpaired) electrons. The Kier molecular flexibility index (Phi) is 5.46. The fourth-order valence-corrected chi connectivity index (χ4v) is 3.44. The Morgan fingerprint density at radius 2 is 1.86 bits per heavy atom. The first kappa shape index (κ1) is 19.0. The lowest BCUT2D eigenvalue weighted by atomic mass is 10.1. The molecule has 0 spiro atoms. The molecule has 0 aliphatic carbocycles. The Hall–Kier alpha value is -3.35. The number of hydrogen-bond donors (Lipinski definition) is 0. The van der Waals surface area contributed by atoms with Crippen LogP contribution in [0.25, 0.3) is 11.3 Å². The standard InChI is InChI=1S/C22H22FN3O3/c1-28-20-4-2-3-16(13-20)21-14-18(24-29-21)15-22(27)26-11-9-25(10-12-26)19-7-5-17(23)6-8-19/h2-8,13-14H,9-12,15H2,1H3. The molecule has 7 heteroatoms. The zero-order valence-corrected chi connectivity index (χ0v) is 16.2. The number of methoxy groups -OCH3 is 1. The number of carbonyl (C=O) groups excluding carboxylic acids is 1. The molecule has 0 N–H and O–H groups in total. The van der Waals surface area contributed by atoms with Gasteiger partial charge in [0.25, 0.3) is 0 Å². The summed E-state index contributed by atoms with van der Waals surface area (Å²) in [6, 6.07) is 15.7. The second-order valence-electron chi connectivity index (χ2n) is 6.94. The van der Waals surface area contributed by atoms with Gasteiger partial charge in [0.1, 0.15) is 11.6 Å². The predicted octanol–water partition coefficient (Wildman–Crippen LogP) is 3.38. The first-order valence-electron chi connectivity index (χ1n) is 9.51. The van der Waals surface area contributed by atoms with Crippen molar-refractivity contribution in [1.29, 1.82) is 0 Å². The molecule has 3 aromatic rings. The van der Waals surface area contributed by atoms with Crippen molar-refractivity contribution in [2.75, 3.05) is 38.2 Å². The summed E-state index contributed by atoms with van der Waals surface area (Å²) >= 11 is 0. The summed E-state index contributed by atoms with van der Waals surface area (Å²) in [4.78, 5) is 16.6. The maximum Gasteiger partial charge on any atom is 0.228 e. The van der Waals surface area contributed by atoms with Crippen LogP contribution in [0.5, 0.6) is 5.75 Å². The van der Waals surface area contributed by atoms with E-state index in [2.05, 4.69) is 10.1 Å². The molecule has 0 atom stereocenters. The summed E-state index contributed by atoms with van der Waals surface area (Å²) in [7, 11) is 1.61. The van der Waals surface area contributed by atoms with E-state index in [4.69, 9.17) is 9.26 Å². The largest absolute Gasteiger partial charge is 0.497 e. The third kappa shape index (κ3) is 4.39. The number of benzene rings is 2. The maximum atomic E-state index is 13.1. The second-order valence-corrected chi connectivity index (χ2v) is 6.94. The van der Waals surface area contributed by atoms with Crippen LogP contribution in [0.15, 0.2) is 59.1 Å². The molecule has 1 aliphatic heterocycles. The molecule has 1 amide bonds. The number of amides is 1. The van der Waals surface area contributed by atoms with Crippen LogP contribution < -0.4 is 9.64 Å². The lowest BCUT2D eigenvalue weighted by Crippen LogP contribution is -2.49. The van der Waals surface area contributed by atoms with Crippen molar-refractivity contribution < 1.29 is 18.4 Å². The Morgan fingerprint density at radius 3 is 2.59 bits per heavy atom. The first-order valence-corrected chi connectivity index (χ1v) is 9.51. The highest BCUT2D eigenvalue weighted by Crippen LogP contribution is 2.25. The zero-order valence-electron chi connectivity index (χ0n) is 16.2. The number of nitrogens with zero attached hydrogens (tertiary/aromatic N) is 3. The van der Waals surface area contributed by atoms with Gasteiger partial charge in [-0.1, -0.05) is 17.3 Å². The van der Waals surface area contributed by atoms with Crippen LogP contribution in [0.2, 0.25) is 0 Å². The van der Waals surface area contributed by atoms with Crippen molar-refractivity contribution in [3.63, 3.8) is 0 Å². The SMILES string of the molecule is COc1cccc(-c2cc(CC(=O)N3CCN(c4ccc(F)cc4)CC3)no2)c1. The lowest BCUT2D eigenvalue weighted by Gasteiger charge is -2.36. The minimum absolute atomic E-state index is 0.0225. The molecule has 29 heavy (non-hydrogen) atoms. The molecule has 1 aromatic heterocycles. The van der Waals surface area contributed by atoms with E-state index >= 15 is 0 Å². The monoisotopic (exact) mass is 395 g/mol. The zero-order chi connectivity index (χ0) is 20.2. The van der Waals surface area contributed by atoms with Gasteiger partial charge < -0.3 is 19.1 Å². The van der Waals surface area contributed by atoms with Gasteiger partial charge in [0.15, 0.2) is 5.76 Å². The number of aromatic nitrogens is 1. The summed E-state index contributed by atoms with van der Waals surface area (Å²) < 4.78 is 23.7. The van der Waals surface area contributed by atoms with E-state index < -0.39 is 0 Å². The minimum Gasteiger partial charge on any atom is -0.497 e. The van der Waals surface area contributed by atoms with Gasteiger partial charge in [-0.2, -0.15) is 0 Å². The summed E-state index contributed by atoms with van der Waals surface area (Å²) in [5.41, 5.74) is 2.43. The van der Waals surface area contributed by atoms with E-state index in [0.717, 1.165) is 17.0 Å². The van der Waals surface area contributed by atoms with Gasteiger partial charge >= 0.3 is 0 Å². The molecule has 1 aliphatic rings. The van der Waals surface area contributed by atoms with Gasteiger partial charge in [-0.25, -0.2) is 4.39 Å². The predicted molar refractivity (Wildman–Crippen MR) is 107 cm³/mol. The fraction of sp³-hybridized carbons (Fsp3) is 0.273. The van der Waals surface area contributed by atoms with Crippen molar-refractivity contribution >= 4 is 11.6 Å². The Bertz CT molecular complexity index is 979. The summed E-state index contributed by atoms with van der Waals surface area (Å²) in [5, 5.41) is 4.04. The van der Waals surface area contributed by atoms with Crippen molar-refractivity contribution in [1.82, 2.24) is 10.1 Å². The quantitative estimate of drug-likeness (QED) is 0.663. The Labute approximate surface area is 168 Å². The van der Waals surface area contributed by atoms with Crippen LogP contribution in [0.1, 0.15) is 5.69 Å². The highest BCUT2D eigenvalue weighted by molar-refractivity contribution is 5.79. The van der Waals surface area contributed by atoms with E-state index in [1.807, 2.05) is 29.2 Å². The van der Waals surface area contributed by atoms with E-state index in [1.165, 1.54) is 12.1 Å². The fourth-order valence-electron chi connectivity index (χ4n) is 3.44. The molecule has 0 saturated carbocycles. The van der Waals surface area contributed by atoms with Crippen LogP contribution in [-0.2, 0) is 11.2 Å². The molecule has 2 aromatic carbocycles. The van der Waals surface area contributed by atoms with E-state index in [9.17, 15) is 9.18 Å². The van der Waals surface area contributed by atoms with Crippen molar-refractivity contribution in [3.8, 4) is 17.1 Å². The average Bonchev–Trinajstić information content (AvgIpc) is 3.23. The van der Waals surface area contributed by atoms with Gasteiger partial charge in [-0.15, -0.1) is 0 Å². The molecule has 4 rings (SSSR count). The molecule has 1 saturated heterocycles. The number of piperazine rings is 1. The van der Waals surface area contributed by atoms with Gasteiger partial charge in [-0.05, 0) is 36.4 Å². The number of carbonyl (C=O) groups is 1. The lowest BCUT2D eigenvalue weighted by molar-refractivity contribution is -0.130. The summed E-state index contributed by atoms with van der Waals surface area (Å²) in [5.74, 6) is 1.11. The Balaban J connectivity index is 1.34. The van der Waals surface area contributed by atoms with Gasteiger partial charge in [0, 0.05) is 43.5 Å². The van der Waals surface area contributed by atoms with E-state index in [-0.39, 0.29) is 18.1 Å². The van der Waals surface area contributed by atoms with Crippen LogP contribution in [0.3, 0.4) is 0 Å². The van der Waals surface area contributed by atoms with Gasteiger partial charge in [-0.3, -0.25) is 4.79 Å². The van der Waals surface area contributed by atoms with E-state index in [0.29, 0.717) is 37.6 Å². The molecular formula is C22H22FN3O3. The van der Waals surface area contributed by atoms with Crippen LogP contribution in [0.4, 0.5) is 10.1 Å². The average molecular weight is 395 g/mol. The van der Waals surface area contributed by atoms with Crippen LogP contribution >= 0.6 is 0 Å². The number of anilines is 1. The highest BCUT2D eigenvalue weighted by Gasteiger charge is 2.22. The summed E-state index contributed by atoms with van der Waals surface area (Å²) in [6.45, 7) is 2.67. The number of hydrogen-bond acceptors (Lipinski definition) is 5. The minimum atomic E-state index is -0.247. The molecule has 0 unspecified atom stereocenters. The number of ether oxygens (including phenoxy) is 1. The highest BCUT2D eigenvalue weighted by atomic mass is 19.1. The third-order valence-corrected chi connectivity index (χ3v) is 5.07. The number of halogens is 1. The second kappa shape index (κ2) is 8.34. The first-order chi connectivity index (χ1) is 14.1. The smallest absolute Gasteiger partial charge is 0.228 e. The topological polar surface area (TPSA) is 58.8 Å². The van der Waals surface area contributed by atoms with Crippen LogP contribution in [-0.4, -0.2) is 49.3 Å². The molecule has 1 fully saturated rings. The van der Waals surface area contributed by atoms with Crippen molar-refractivity contribution in [2.24, 2.45) is 0 Å². The summed E-state index contributed by atoms with van der Waals surface area (Å²) in [6.07, 6.45) is 0.198. The molecule has 2 heterocycles. The molecule has 150 valence electrons.